The van der Waals surface area contributed by atoms with Crippen LogP contribution in [-0.2, 0) is 64.8 Å². The SMILES string of the molecule is CCCN1C(=O)CCc2cc(CS(=O)(=O)Cc3ccc(C)c(F)c3)ccc21.CCCN1C(=O)CCc2cc(N)ccc21.O=S(=O)(Cl)Cc1ccc(C(F)(F)F)c(F)c1. The van der Waals surface area contributed by atoms with Crippen LogP contribution < -0.4 is 15.5 Å². The van der Waals surface area contributed by atoms with E-state index in [0.717, 1.165) is 54.5 Å². The average Bonchev–Trinajstić information content (AvgIpc) is 3.11. The van der Waals surface area contributed by atoms with Crippen molar-refractivity contribution in [2.75, 3.05) is 28.6 Å². The largest absolute Gasteiger partial charge is 0.419 e. The summed E-state index contributed by atoms with van der Waals surface area (Å²) in [6, 6.07) is 17.7. The second kappa shape index (κ2) is 19.5. The van der Waals surface area contributed by atoms with Crippen molar-refractivity contribution in [3.05, 3.63) is 123 Å². The molecule has 2 amide bonds. The first-order valence-electron chi connectivity index (χ1n) is 18.4. The molecule has 4 aromatic carbocycles. The molecule has 0 aliphatic carbocycles. The Bertz CT molecular complexity index is 2360. The second-order valence-corrected chi connectivity index (χ2v) is 18.9. The zero-order chi connectivity index (χ0) is 43.0. The second-order valence-electron chi connectivity index (χ2n) is 14.1. The van der Waals surface area contributed by atoms with Gasteiger partial charge in [0, 0.05) is 53.7 Å². The van der Waals surface area contributed by atoms with Crippen LogP contribution in [0.15, 0.2) is 72.8 Å². The number of nitrogens with zero attached hydrogens (tertiary/aromatic N) is 2. The molecule has 0 fully saturated rings. The van der Waals surface area contributed by atoms with Crippen LogP contribution in [0.25, 0.3) is 0 Å². The lowest BCUT2D eigenvalue weighted by Gasteiger charge is -2.29. The quantitative estimate of drug-likeness (QED) is 0.0957. The smallest absolute Gasteiger partial charge is 0.399 e. The highest BCUT2D eigenvalue weighted by Gasteiger charge is 2.34. The third kappa shape index (κ3) is 13.0. The number of nitrogens with two attached hydrogens (primary N) is 1. The number of carbonyl (C=O) groups excluding carboxylic acids is 2. The van der Waals surface area contributed by atoms with Crippen molar-refractivity contribution in [2.24, 2.45) is 0 Å². The third-order valence-electron chi connectivity index (χ3n) is 9.23. The van der Waals surface area contributed by atoms with Gasteiger partial charge in [0.1, 0.15) is 11.6 Å². The van der Waals surface area contributed by atoms with Gasteiger partial charge >= 0.3 is 6.18 Å². The minimum Gasteiger partial charge on any atom is -0.399 e. The van der Waals surface area contributed by atoms with Gasteiger partial charge in [0.25, 0.3) is 0 Å². The lowest BCUT2D eigenvalue weighted by atomic mass is 9.99. The van der Waals surface area contributed by atoms with Crippen LogP contribution in [-0.4, -0.2) is 41.7 Å². The number of sulfone groups is 1. The molecule has 9 nitrogen and oxygen atoms in total. The summed E-state index contributed by atoms with van der Waals surface area (Å²) >= 11 is 0. The van der Waals surface area contributed by atoms with E-state index in [2.05, 4.69) is 6.92 Å². The number of fused-ring (bicyclic) bond motifs is 2. The molecule has 0 spiro atoms. The highest BCUT2D eigenvalue weighted by molar-refractivity contribution is 8.13. The minimum absolute atomic E-state index is 0.0997. The maximum atomic E-state index is 13.7. The number of hydrogen-bond acceptors (Lipinski definition) is 7. The van der Waals surface area contributed by atoms with Crippen LogP contribution in [0, 0.1) is 18.6 Å². The van der Waals surface area contributed by atoms with Crippen LogP contribution in [0.3, 0.4) is 0 Å². The highest BCUT2D eigenvalue weighted by Crippen LogP contribution is 2.33. The van der Waals surface area contributed by atoms with Crippen molar-refractivity contribution in [2.45, 2.75) is 82.7 Å². The number of aryl methyl sites for hydroxylation is 3. The van der Waals surface area contributed by atoms with Crippen molar-refractivity contribution in [3.8, 4) is 0 Å². The van der Waals surface area contributed by atoms with Crippen LogP contribution in [0.5, 0.6) is 0 Å². The molecule has 0 atom stereocenters. The van der Waals surface area contributed by atoms with Crippen LogP contribution in [0.1, 0.15) is 78.5 Å². The predicted molar refractivity (Wildman–Crippen MR) is 217 cm³/mol. The van der Waals surface area contributed by atoms with E-state index in [1.54, 1.807) is 30.0 Å². The van der Waals surface area contributed by atoms with Gasteiger partial charge in [0.2, 0.25) is 20.9 Å². The molecule has 0 aromatic heterocycles. The Labute approximate surface area is 340 Å². The van der Waals surface area contributed by atoms with Gasteiger partial charge in [-0.05, 0) is 108 Å². The monoisotopic (exact) mass is 869 g/mol. The van der Waals surface area contributed by atoms with Crippen molar-refractivity contribution in [3.63, 3.8) is 0 Å². The topological polar surface area (TPSA) is 135 Å². The maximum Gasteiger partial charge on any atom is 0.419 e. The molecule has 2 aliphatic rings. The number of nitrogen functional groups attached to an aromatic ring is 1. The Hall–Kier alpha value is -4.54. The molecule has 2 N–H and O–H groups in total. The minimum atomic E-state index is -4.80. The van der Waals surface area contributed by atoms with Crippen molar-refractivity contribution in [1.82, 2.24) is 0 Å². The third-order valence-corrected chi connectivity index (χ3v) is 11.8. The fourth-order valence-electron chi connectivity index (χ4n) is 6.58. The van der Waals surface area contributed by atoms with E-state index in [-0.39, 0.29) is 28.9 Å². The Balaban J connectivity index is 0.000000206. The van der Waals surface area contributed by atoms with E-state index < -0.39 is 48.0 Å². The zero-order valence-electron chi connectivity index (χ0n) is 32.2. The van der Waals surface area contributed by atoms with Crippen LogP contribution in [0.2, 0.25) is 0 Å². The number of amides is 2. The molecule has 0 saturated carbocycles. The van der Waals surface area contributed by atoms with E-state index in [4.69, 9.17) is 16.4 Å². The molecule has 2 heterocycles. The Morgan fingerprint density at radius 2 is 1.12 bits per heavy atom. The maximum absolute atomic E-state index is 13.7. The molecule has 4 aromatic rings. The lowest BCUT2D eigenvalue weighted by molar-refractivity contribution is -0.140. The number of rotatable bonds is 10. The highest BCUT2D eigenvalue weighted by atomic mass is 35.7. The van der Waals surface area contributed by atoms with Crippen molar-refractivity contribution in [1.29, 1.82) is 0 Å². The predicted octanol–water partition coefficient (Wildman–Crippen LogP) is 8.81. The van der Waals surface area contributed by atoms with E-state index in [1.807, 2.05) is 42.2 Å². The van der Waals surface area contributed by atoms with Gasteiger partial charge in [-0.25, -0.2) is 25.6 Å². The van der Waals surface area contributed by atoms with E-state index in [0.29, 0.717) is 54.6 Å². The molecular weight excluding hydrogens is 825 g/mol. The van der Waals surface area contributed by atoms with Gasteiger partial charge in [0.05, 0.1) is 22.8 Å². The number of benzene rings is 4. The lowest BCUT2D eigenvalue weighted by Crippen LogP contribution is -2.35. The van der Waals surface area contributed by atoms with Crippen molar-refractivity contribution < 1.29 is 48.4 Å². The van der Waals surface area contributed by atoms with Gasteiger partial charge < -0.3 is 15.5 Å². The molecule has 0 saturated heterocycles. The van der Waals surface area contributed by atoms with Gasteiger partial charge in [0.15, 0.2) is 9.84 Å². The summed E-state index contributed by atoms with van der Waals surface area (Å²) in [5.74, 6) is -2.58. The summed E-state index contributed by atoms with van der Waals surface area (Å²) < 4.78 is 109. The molecule has 0 radical (unpaired) electrons. The summed E-state index contributed by atoms with van der Waals surface area (Å²) in [4.78, 5) is 27.5. The fraction of sp³-hybridized carbons (Fsp3) is 0.366. The first-order chi connectivity index (χ1) is 27.1. The molecular formula is C41H45ClF5N3O6S2. The average molecular weight is 870 g/mol. The Morgan fingerprint density at radius 1 is 0.655 bits per heavy atom. The summed E-state index contributed by atoms with van der Waals surface area (Å²) in [6.45, 7) is 7.22. The standard InChI is InChI=1S/C21H24FNO3S.C12H16N2O.C8H5ClF4O2S/c1-3-10-23-20-8-6-16(11-18(20)7-9-21(23)24)13-27(25,26)14-17-5-4-15(2)19(22)12-17;1-2-7-14-11-5-4-10(13)8-9(11)3-6-12(14)15;9-16(14,15)4-5-1-2-6(7(10)3-5)8(11,12)13/h4-6,8,11-12H,3,7,9-10,13-14H2,1-2H3;4-5,8H,2-3,6-7,13H2,1H3;1-3H,4H2. The summed E-state index contributed by atoms with van der Waals surface area (Å²) in [7, 11) is -2.47. The van der Waals surface area contributed by atoms with E-state index in [1.165, 1.54) is 11.6 Å². The summed E-state index contributed by atoms with van der Waals surface area (Å²) in [5, 5.41) is 0. The van der Waals surface area contributed by atoms with E-state index in [9.17, 15) is 48.4 Å². The van der Waals surface area contributed by atoms with Gasteiger partial charge in [-0.15, -0.1) is 0 Å². The van der Waals surface area contributed by atoms with Crippen molar-refractivity contribution >= 4 is 58.4 Å². The Morgan fingerprint density at radius 3 is 1.62 bits per heavy atom. The number of halogens is 6. The summed E-state index contributed by atoms with van der Waals surface area (Å²) in [5.41, 5.74) is 10.7. The molecule has 58 heavy (non-hydrogen) atoms. The first kappa shape index (κ1) is 46.2. The van der Waals surface area contributed by atoms with Gasteiger partial charge in [-0.3, -0.25) is 9.59 Å². The number of alkyl halides is 3. The molecule has 314 valence electrons. The Kier molecular flexibility index (Phi) is 15.5. The van der Waals surface area contributed by atoms with Gasteiger partial charge in [-0.1, -0.05) is 44.2 Å². The normalized spacial score (nSPS) is 14.2. The summed E-state index contributed by atoms with van der Waals surface area (Å²) in [6.07, 6.45) is -0.445. The fourth-order valence-corrected chi connectivity index (χ4v) is 9.02. The molecule has 0 bridgehead atoms. The number of carbonyl (C=O) groups is 2. The van der Waals surface area contributed by atoms with Crippen LogP contribution in [0.4, 0.5) is 39.0 Å². The van der Waals surface area contributed by atoms with Crippen LogP contribution >= 0.6 is 10.7 Å². The number of anilines is 3. The molecule has 17 heteroatoms. The zero-order valence-corrected chi connectivity index (χ0v) is 34.6. The molecule has 6 rings (SSSR count). The first-order valence-corrected chi connectivity index (χ1v) is 22.7. The number of hydrogen-bond donors (Lipinski definition) is 1. The van der Waals surface area contributed by atoms with E-state index >= 15 is 0 Å². The van der Waals surface area contributed by atoms with Gasteiger partial charge in [-0.2, -0.15) is 13.2 Å². The molecule has 2 aliphatic heterocycles. The molecule has 0 unspecified atom stereocenters.